The van der Waals surface area contributed by atoms with Crippen molar-refractivity contribution in [1.29, 1.82) is 0 Å². The predicted octanol–water partition coefficient (Wildman–Crippen LogP) is -0.369. The van der Waals surface area contributed by atoms with Crippen molar-refractivity contribution >= 4 is 10.0 Å². The Kier molecular flexibility index (Phi) is 2.13. The summed E-state index contributed by atoms with van der Waals surface area (Å²) in [5.41, 5.74) is 0.280. The zero-order valence-electron chi connectivity index (χ0n) is 7.91. The summed E-state index contributed by atoms with van der Waals surface area (Å²) in [7, 11) is -2.92. The average Bonchev–Trinajstić information content (AvgIpc) is 2.49. The molecular formula is C8H16N2O2S. The number of rotatable bonds is 2. The Bertz CT molecular complexity index is 285. The van der Waals surface area contributed by atoms with Crippen LogP contribution in [-0.2, 0) is 10.0 Å². The fourth-order valence-corrected chi connectivity index (χ4v) is 3.45. The highest BCUT2D eigenvalue weighted by molar-refractivity contribution is 7.89. The number of nitrogens with zero attached hydrogens (tertiary/aromatic N) is 1. The Balaban J connectivity index is 1.98. The molecule has 0 atom stereocenters. The number of hydrogen-bond acceptors (Lipinski definition) is 3. The van der Waals surface area contributed by atoms with E-state index in [2.05, 4.69) is 5.32 Å². The SMILES string of the molecule is CCS(=O)(=O)N1CC2(CCNC2)C1. The summed E-state index contributed by atoms with van der Waals surface area (Å²) in [5, 5.41) is 3.28. The van der Waals surface area contributed by atoms with E-state index in [1.807, 2.05) is 0 Å². The standard InChI is InChI=1S/C8H16N2O2S/c1-2-13(11,12)10-6-8(7-10)3-4-9-5-8/h9H,2-7H2,1H3. The Labute approximate surface area is 79.4 Å². The first-order valence-corrected chi connectivity index (χ1v) is 6.37. The highest BCUT2D eigenvalue weighted by Gasteiger charge is 2.48. The maximum Gasteiger partial charge on any atom is 0.213 e. The van der Waals surface area contributed by atoms with Crippen molar-refractivity contribution in [2.24, 2.45) is 5.41 Å². The monoisotopic (exact) mass is 204 g/mol. The first-order valence-electron chi connectivity index (χ1n) is 4.77. The van der Waals surface area contributed by atoms with Crippen molar-refractivity contribution in [2.45, 2.75) is 13.3 Å². The maximum absolute atomic E-state index is 11.4. The molecule has 2 fully saturated rings. The number of nitrogens with one attached hydrogen (secondary N) is 1. The van der Waals surface area contributed by atoms with Crippen molar-refractivity contribution in [2.75, 3.05) is 31.9 Å². The summed E-state index contributed by atoms with van der Waals surface area (Å²) in [4.78, 5) is 0. The lowest BCUT2D eigenvalue weighted by molar-refractivity contribution is 0.0919. The zero-order valence-corrected chi connectivity index (χ0v) is 8.73. The molecule has 0 saturated carbocycles. The van der Waals surface area contributed by atoms with Crippen molar-refractivity contribution in [1.82, 2.24) is 9.62 Å². The summed E-state index contributed by atoms with van der Waals surface area (Å²) in [6, 6.07) is 0. The molecule has 2 saturated heterocycles. The van der Waals surface area contributed by atoms with Crippen LogP contribution in [0.5, 0.6) is 0 Å². The lowest BCUT2D eigenvalue weighted by atomic mass is 9.81. The molecule has 1 N–H and O–H groups in total. The molecule has 0 aromatic carbocycles. The quantitative estimate of drug-likeness (QED) is 0.668. The molecule has 4 nitrogen and oxygen atoms in total. The molecule has 5 heteroatoms. The molecule has 0 unspecified atom stereocenters. The summed E-state index contributed by atoms with van der Waals surface area (Å²) in [6.45, 7) is 5.20. The van der Waals surface area contributed by atoms with E-state index < -0.39 is 10.0 Å². The van der Waals surface area contributed by atoms with Gasteiger partial charge in [-0.1, -0.05) is 0 Å². The van der Waals surface area contributed by atoms with E-state index in [1.165, 1.54) is 0 Å². The van der Waals surface area contributed by atoms with Gasteiger partial charge in [-0.15, -0.1) is 0 Å². The average molecular weight is 204 g/mol. The Hall–Kier alpha value is -0.130. The molecule has 76 valence electrons. The second-order valence-electron chi connectivity index (χ2n) is 4.10. The van der Waals surface area contributed by atoms with Crippen molar-refractivity contribution in [3.63, 3.8) is 0 Å². The third kappa shape index (κ3) is 1.49. The first-order chi connectivity index (χ1) is 6.08. The zero-order chi connectivity index (χ0) is 9.53. The minimum absolute atomic E-state index is 0.233. The Morgan fingerprint density at radius 3 is 2.62 bits per heavy atom. The molecule has 0 aliphatic carbocycles. The van der Waals surface area contributed by atoms with Gasteiger partial charge in [-0.3, -0.25) is 0 Å². The van der Waals surface area contributed by atoms with E-state index in [4.69, 9.17) is 0 Å². The van der Waals surface area contributed by atoms with Crippen molar-refractivity contribution in [3.8, 4) is 0 Å². The molecule has 0 amide bonds. The molecule has 2 heterocycles. The van der Waals surface area contributed by atoms with Crippen LogP contribution in [0.25, 0.3) is 0 Å². The molecule has 2 rings (SSSR count). The van der Waals surface area contributed by atoms with Gasteiger partial charge in [-0.25, -0.2) is 12.7 Å². The van der Waals surface area contributed by atoms with Crippen LogP contribution in [0, 0.1) is 5.41 Å². The number of sulfonamides is 1. The van der Waals surface area contributed by atoms with Gasteiger partial charge in [0.2, 0.25) is 10.0 Å². The van der Waals surface area contributed by atoms with Gasteiger partial charge in [0.15, 0.2) is 0 Å². The van der Waals surface area contributed by atoms with Crippen LogP contribution < -0.4 is 5.32 Å². The summed E-state index contributed by atoms with van der Waals surface area (Å²) in [6.07, 6.45) is 1.13. The summed E-state index contributed by atoms with van der Waals surface area (Å²) in [5.74, 6) is 0.233. The van der Waals surface area contributed by atoms with E-state index in [9.17, 15) is 8.42 Å². The smallest absolute Gasteiger partial charge is 0.213 e. The summed E-state index contributed by atoms with van der Waals surface area (Å²) >= 11 is 0. The molecule has 2 aliphatic heterocycles. The minimum Gasteiger partial charge on any atom is -0.316 e. The van der Waals surface area contributed by atoms with Gasteiger partial charge in [0.25, 0.3) is 0 Å². The van der Waals surface area contributed by atoms with E-state index in [0.29, 0.717) is 0 Å². The molecule has 2 aliphatic rings. The normalized spacial score (nSPS) is 27.8. The van der Waals surface area contributed by atoms with Crippen LogP contribution in [0.3, 0.4) is 0 Å². The molecule has 0 aromatic rings. The summed E-state index contributed by atoms with van der Waals surface area (Å²) < 4.78 is 24.5. The van der Waals surface area contributed by atoms with Crippen molar-refractivity contribution < 1.29 is 8.42 Å². The minimum atomic E-state index is -2.92. The lowest BCUT2D eigenvalue weighted by Crippen LogP contribution is -2.59. The van der Waals surface area contributed by atoms with Gasteiger partial charge in [0, 0.05) is 25.0 Å². The Morgan fingerprint density at radius 1 is 1.46 bits per heavy atom. The third-order valence-electron chi connectivity index (χ3n) is 3.11. The van der Waals surface area contributed by atoms with E-state index in [0.717, 1.165) is 32.6 Å². The van der Waals surface area contributed by atoms with Gasteiger partial charge in [-0.2, -0.15) is 0 Å². The van der Waals surface area contributed by atoms with Crippen LogP contribution in [-0.4, -0.2) is 44.7 Å². The van der Waals surface area contributed by atoms with Crippen LogP contribution in [0.2, 0.25) is 0 Å². The highest BCUT2D eigenvalue weighted by atomic mass is 32.2. The van der Waals surface area contributed by atoms with Crippen LogP contribution in [0.4, 0.5) is 0 Å². The second kappa shape index (κ2) is 2.93. The van der Waals surface area contributed by atoms with Gasteiger partial charge in [0.05, 0.1) is 5.75 Å². The molecule has 0 radical (unpaired) electrons. The lowest BCUT2D eigenvalue weighted by Gasteiger charge is -2.46. The first kappa shape index (κ1) is 9.43. The second-order valence-corrected chi connectivity index (χ2v) is 6.35. The molecule has 0 aromatic heterocycles. The topological polar surface area (TPSA) is 49.4 Å². The molecule has 13 heavy (non-hydrogen) atoms. The number of hydrogen-bond donors (Lipinski definition) is 1. The third-order valence-corrected chi connectivity index (χ3v) is 4.89. The van der Waals surface area contributed by atoms with Gasteiger partial charge in [-0.05, 0) is 19.9 Å². The fourth-order valence-electron chi connectivity index (χ4n) is 2.15. The van der Waals surface area contributed by atoms with Gasteiger partial charge >= 0.3 is 0 Å². The molecule has 1 spiro atoms. The molecular weight excluding hydrogens is 188 g/mol. The van der Waals surface area contributed by atoms with Crippen molar-refractivity contribution in [3.05, 3.63) is 0 Å². The van der Waals surface area contributed by atoms with E-state index in [1.54, 1.807) is 11.2 Å². The fraction of sp³-hybridized carbons (Fsp3) is 1.00. The van der Waals surface area contributed by atoms with Crippen LogP contribution >= 0.6 is 0 Å². The molecule has 0 bridgehead atoms. The van der Waals surface area contributed by atoms with E-state index in [-0.39, 0.29) is 11.2 Å². The highest BCUT2D eigenvalue weighted by Crippen LogP contribution is 2.37. The largest absolute Gasteiger partial charge is 0.316 e. The van der Waals surface area contributed by atoms with Crippen LogP contribution in [0.1, 0.15) is 13.3 Å². The predicted molar refractivity (Wildman–Crippen MR) is 51.0 cm³/mol. The van der Waals surface area contributed by atoms with Gasteiger partial charge in [0.1, 0.15) is 0 Å². The van der Waals surface area contributed by atoms with Gasteiger partial charge < -0.3 is 5.32 Å². The Morgan fingerprint density at radius 2 is 2.15 bits per heavy atom. The van der Waals surface area contributed by atoms with Crippen LogP contribution in [0.15, 0.2) is 0 Å². The van der Waals surface area contributed by atoms with E-state index >= 15 is 0 Å². The maximum atomic E-state index is 11.4.